The van der Waals surface area contributed by atoms with Gasteiger partial charge in [0, 0.05) is 5.39 Å². The summed E-state index contributed by atoms with van der Waals surface area (Å²) in [6, 6.07) is 61.9. The van der Waals surface area contributed by atoms with Crippen LogP contribution in [0.1, 0.15) is 0 Å². The van der Waals surface area contributed by atoms with Crippen LogP contribution in [0.2, 0.25) is 0 Å². The first kappa shape index (κ1) is 29.0. The van der Waals surface area contributed by atoms with Crippen molar-refractivity contribution in [3.05, 3.63) is 199 Å². The molecule has 0 saturated carbocycles. The van der Waals surface area contributed by atoms with Crippen LogP contribution < -0.4 is 20.7 Å². The largest absolute Gasteiger partial charge is 0.318 e. The molecule has 0 atom stereocenters. The highest BCUT2D eigenvalue weighted by Crippen LogP contribution is 2.41. The Balaban J connectivity index is 1.37. The minimum absolute atomic E-state index is 0.579. The fraction of sp³-hybridized carbons (Fsp3) is 0. The number of benzene rings is 7. The third-order valence-electron chi connectivity index (χ3n) is 9.39. The van der Waals surface area contributed by atoms with Crippen molar-refractivity contribution in [3.63, 3.8) is 0 Å². The van der Waals surface area contributed by atoms with E-state index in [4.69, 9.17) is 13.1 Å². The lowest BCUT2D eigenvalue weighted by Crippen LogP contribution is -2.74. The molecular weight excluding hydrogens is 599 g/mol. The third kappa shape index (κ3) is 4.55. The summed E-state index contributed by atoms with van der Waals surface area (Å²) in [7, 11) is -2.67. The zero-order valence-corrected chi connectivity index (χ0v) is 27.1. The van der Waals surface area contributed by atoms with Crippen molar-refractivity contribution < 1.29 is 0 Å². The Kier molecular flexibility index (Phi) is 7.27. The van der Waals surface area contributed by atoms with Crippen LogP contribution in [0.3, 0.4) is 0 Å². The van der Waals surface area contributed by atoms with Gasteiger partial charge in [-0.3, -0.25) is 0 Å². The van der Waals surface area contributed by atoms with Crippen LogP contribution in [0.25, 0.3) is 48.3 Å². The highest BCUT2D eigenvalue weighted by atomic mass is 28.3. The minimum atomic E-state index is -2.67. The highest BCUT2D eigenvalue weighted by molar-refractivity contribution is 7.19. The number of rotatable bonds is 6. The first-order valence-electron chi connectivity index (χ1n) is 15.9. The van der Waals surface area contributed by atoms with Crippen LogP contribution in [-0.4, -0.2) is 12.6 Å². The first-order chi connectivity index (χ1) is 23.7. The van der Waals surface area contributed by atoms with E-state index in [1.54, 1.807) is 0 Å². The molecule has 0 radical (unpaired) electrons. The molecule has 0 unspecified atom stereocenters. The monoisotopic (exact) mass is 627 g/mol. The van der Waals surface area contributed by atoms with Gasteiger partial charge in [0.15, 0.2) is 13.8 Å². The van der Waals surface area contributed by atoms with Gasteiger partial charge < -0.3 is 4.57 Å². The summed E-state index contributed by atoms with van der Waals surface area (Å²) in [6.45, 7) is 15.8. The van der Waals surface area contributed by atoms with E-state index in [0.717, 1.165) is 38.6 Å². The van der Waals surface area contributed by atoms with Gasteiger partial charge in [0.1, 0.15) is 0 Å². The van der Waals surface area contributed by atoms with Gasteiger partial charge in [-0.2, -0.15) is 0 Å². The predicted molar refractivity (Wildman–Crippen MR) is 202 cm³/mol. The summed E-state index contributed by atoms with van der Waals surface area (Å²) in [5.74, 6) is 0. The molecule has 0 aliphatic carbocycles. The molecule has 48 heavy (non-hydrogen) atoms. The Bertz CT molecular complexity index is 2410. The Morgan fingerprint density at radius 1 is 0.438 bits per heavy atom. The van der Waals surface area contributed by atoms with Crippen molar-refractivity contribution in [2.75, 3.05) is 0 Å². The summed E-state index contributed by atoms with van der Waals surface area (Å²) in [4.78, 5) is 7.72. The quantitative estimate of drug-likeness (QED) is 0.0993. The fourth-order valence-electron chi connectivity index (χ4n) is 7.33. The van der Waals surface area contributed by atoms with E-state index in [9.17, 15) is 0 Å². The molecule has 8 rings (SSSR count). The molecule has 0 N–H and O–H groups in total. The van der Waals surface area contributed by atoms with Crippen molar-refractivity contribution >= 4 is 62.0 Å². The molecule has 8 aromatic rings. The molecule has 0 saturated heterocycles. The number of nitrogens with zero attached hydrogens (tertiary/aromatic N) is 3. The van der Waals surface area contributed by atoms with Crippen LogP contribution >= 0.6 is 0 Å². The molecule has 224 valence electrons. The molecule has 0 spiro atoms. The molecule has 4 heteroatoms. The number of aromatic nitrogens is 1. The smallest absolute Gasteiger partial charge is 0.211 e. The lowest BCUT2D eigenvalue weighted by molar-refractivity contribution is 1.19. The summed E-state index contributed by atoms with van der Waals surface area (Å²) >= 11 is 0. The van der Waals surface area contributed by atoms with E-state index in [2.05, 4.69) is 148 Å². The second-order valence-electron chi connectivity index (χ2n) is 11.9. The maximum absolute atomic E-state index is 8.21. The van der Waals surface area contributed by atoms with Gasteiger partial charge in [-0.25, -0.2) is 9.69 Å². The molecule has 1 heterocycles. The molecule has 1 aromatic heterocycles. The molecule has 7 aromatic carbocycles. The van der Waals surface area contributed by atoms with Gasteiger partial charge in [-0.05, 0) is 55.5 Å². The summed E-state index contributed by atoms with van der Waals surface area (Å²) in [5, 5.41) is 7.34. The SMILES string of the molecule is [C-]#[N+]c1ccc2c(c1)c1ccccc1n2-c1c([N+]#[C-])cccc1-c1ccc([Si](c2ccccc2)(c2ccccc2)c2ccccc2)cc1. The van der Waals surface area contributed by atoms with E-state index in [0.29, 0.717) is 11.4 Å². The lowest BCUT2D eigenvalue weighted by Gasteiger charge is -2.34. The number of para-hydroxylation sites is 2. The molecule has 0 aliphatic heterocycles. The Morgan fingerprint density at radius 2 is 0.979 bits per heavy atom. The van der Waals surface area contributed by atoms with Gasteiger partial charge in [0.25, 0.3) is 0 Å². The van der Waals surface area contributed by atoms with Gasteiger partial charge in [0.05, 0.1) is 29.9 Å². The van der Waals surface area contributed by atoms with Gasteiger partial charge in [-0.15, -0.1) is 0 Å². The number of hydrogen-bond donors (Lipinski definition) is 0. The van der Waals surface area contributed by atoms with E-state index >= 15 is 0 Å². The number of fused-ring (bicyclic) bond motifs is 3. The van der Waals surface area contributed by atoms with Crippen LogP contribution in [-0.2, 0) is 0 Å². The summed E-state index contributed by atoms with van der Waals surface area (Å²) in [6.07, 6.45) is 0. The summed E-state index contributed by atoms with van der Waals surface area (Å²) in [5.41, 5.74) is 6.03. The zero-order chi connectivity index (χ0) is 32.5. The van der Waals surface area contributed by atoms with Gasteiger partial charge >= 0.3 is 0 Å². The topological polar surface area (TPSA) is 13.6 Å². The molecule has 0 aliphatic rings. The fourth-order valence-corrected chi connectivity index (χ4v) is 12.1. The molecule has 0 fully saturated rings. The average Bonchev–Trinajstić information content (AvgIpc) is 3.49. The van der Waals surface area contributed by atoms with Crippen molar-refractivity contribution in [1.82, 2.24) is 4.57 Å². The van der Waals surface area contributed by atoms with Crippen LogP contribution in [0.5, 0.6) is 0 Å². The second-order valence-corrected chi connectivity index (χ2v) is 15.7. The standard InChI is InChI=1S/C44H29N3Si/c1-45-33-27-30-43-40(31-33)39-21-12-13-24-42(39)47(43)44-38(22-14-23-41(44)46-2)32-25-28-37(29-26-32)48(34-15-6-3-7-16-34,35-17-8-4-9-18-35)36-19-10-5-11-20-36/h3-31H. The Morgan fingerprint density at radius 3 is 1.56 bits per heavy atom. The van der Waals surface area contributed by atoms with Crippen LogP contribution in [0.15, 0.2) is 176 Å². The van der Waals surface area contributed by atoms with E-state index in [1.165, 1.54) is 20.7 Å². The Labute approximate surface area is 281 Å². The lowest BCUT2D eigenvalue weighted by atomic mass is 10.0. The van der Waals surface area contributed by atoms with Crippen LogP contribution in [0.4, 0.5) is 11.4 Å². The summed E-state index contributed by atoms with van der Waals surface area (Å²) < 4.78 is 2.20. The molecule has 0 bridgehead atoms. The maximum atomic E-state index is 8.21. The first-order valence-corrected chi connectivity index (χ1v) is 17.9. The molecule has 0 amide bonds. The predicted octanol–water partition coefficient (Wildman–Crippen LogP) is 8.93. The number of hydrogen-bond acceptors (Lipinski definition) is 0. The normalized spacial score (nSPS) is 11.3. The molecular formula is C44H29N3Si. The highest BCUT2D eigenvalue weighted by Gasteiger charge is 2.41. The van der Waals surface area contributed by atoms with Crippen molar-refractivity contribution in [2.45, 2.75) is 0 Å². The second kappa shape index (κ2) is 12.0. The minimum Gasteiger partial charge on any atom is -0.318 e. The zero-order valence-electron chi connectivity index (χ0n) is 26.1. The maximum Gasteiger partial charge on any atom is 0.211 e. The van der Waals surface area contributed by atoms with Crippen molar-refractivity contribution in [3.8, 4) is 16.8 Å². The van der Waals surface area contributed by atoms with Crippen molar-refractivity contribution in [2.24, 2.45) is 0 Å². The molecule has 3 nitrogen and oxygen atoms in total. The van der Waals surface area contributed by atoms with E-state index < -0.39 is 8.07 Å². The van der Waals surface area contributed by atoms with Gasteiger partial charge in [0.2, 0.25) is 5.69 Å². The van der Waals surface area contributed by atoms with Gasteiger partial charge in [-0.1, -0.05) is 158 Å². The average molecular weight is 628 g/mol. The Hall–Kier alpha value is -6.46. The van der Waals surface area contributed by atoms with Crippen LogP contribution in [0, 0.1) is 13.1 Å². The van der Waals surface area contributed by atoms with Crippen molar-refractivity contribution in [1.29, 1.82) is 0 Å². The van der Waals surface area contributed by atoms with E-state index in [-0.39, 0.29) is 0 Å². The van der Waals surface area contributed by atoms with E-state index in [1.807, 2.05) is 42.5 Å². The third-order valence-corrected chi connectivity index (χ3v) is 14.2.